The van der Waals surface area contributed by atoms with Crippen LogP contribution < -0.4 is 0 Å². The van der Waals surface area contributed by atoms with E-state index in [-0.39, 0.29) is 17.4 Å². The van der Waals surface area contributed by atoms with E-state index in [1.54, 1.807) is 67.2 Å². The van der Waals surface area contributed by atoms with E-state index in [4.69, 9.17) is 4.98 Å². The molecule has 0 atom stereocenters. The van der Waals surface area contributed by atoms with E-state index in [2.05, 4.69) is 26.4 Å². The molecule has 0 N–H and O–H groups in total. The molecule has 222 valence electrons. The Bertz CT molecular complexity index is 2460. The molecule has 6 nitrogen and oxygen atoms in total. The number of Topliss-reactive ketones (excluding diaryl/α,β-unsaturated/α-hetero) is 2. The Labute approximate surface area is 267 Å². The van der Waals surface area contributed by atoms with Gasteiger partial charge in [-0.1, -0.05) is 36.4 Å². The Kier molecular flexibility index (Phi) is 7.56. The number of benzene rings is 3. The molecule has 0 aliphatic heterocycles. The Balaban J connectivity index is 0.000000147. The standard InChI is InChI=1S/C20H13FN2O.C18H12N2OS/c1-12(24)13-6-7-14-17-11-22-9-8-15(17)20(23-19(14)10-13)16-4-2-3-5-18(16)21;1-11(21)12-2-3-14-16-9-19-6-4-15(16)18(20-17(14)8-12)13-5-7-22-10-13/h2-11H,1H3;2-10H,1H3. The fourth-order valence-corrected chi connectivity index (χ4v) is 6.25. The fraction of sp³-hybridized carbons (Fsp3) is 0.0526. The van der Waals surface area contributed by atoms with E-state index < -0.39 is 0 Å². The molecule has 0 spiro atoms. The smallest absolute Gasteiger partial charge is 0.159 e. The number of hydrogen-bond acceptors (Lipinski definition) is 7. The number of ketones is 2. The highest BCUT2D eigenvalue weighted by atomic mass is 32.1. The van der Waals surface area contributed by atoms with E-state index in [0.717, 1.165) is 49.1 Å². The first-order chi connectivity index (χ1) is 22.4. The van der Waals surface area contributed by atoms with Crippen LogP contribution in [-0.4, -0.2) is 31.5 Å². The third kappa shape index (κ3) is 5.29. The van der Waals surface area contributed by atoms with Crippen molar-refractivity contribution < 1.29 is 14.0 Å². The van der Waals surface area contributed by atoms with Crippen LogP contribution in [-0.2, 0) is 0 Å². The summed E-state index contributed by atoms with van der Waals surface area (Å²) in [5.74, 6) is -0.310. The number of carbonyl (C=O) groups excluding carboxylic acids is 2. The predicted molar refractivity (Wildman–Crippen MR) is 183 cm³/mol. The molecule has 5 heterocycles. The summed E-state index contributed by atoms with van der Waals surface area (Å²) in [4.78, 5) is 41.2. The lowest BCUT2D eigenvalue weighted by atomic mass is 10.00. The minimum atomic E-state index is -0.329. The first-order valence-electron chi connectivity index (χ1n) is 14.5. The Morgan fingerprint density at radius 2 is 1.20 bits per heavy atom. The molecule has 0 fully saturated rings. The molecule has 0 aliphatic rings. The quantitative estimate of drug-likeness (QED) is 0.144. The van der Waals surface area contributed by atoms with Crippen LogP contribution in [0.4, 0.5) is 4.39 Å². The van der Waals surface area contributed by atoms with Crippen molar-refractivity contribution in [3.63, 3.8) is 0 Å². The van der Waals surface area contributed by atoms with Gasteiger partial charge in [0, 0.05) is 84.7 Å². The van der Waals surface area contributed by atoms with Crippen LogP contribution in [0.1, 0.15) is 34.6 Å². The van der Waals surface area contributed by atoms with Gasteiger partial charge in [-0.15, -0.1) is 0 Å². The molecule has 0 aliphatic carbocycles. The number of aromatic nitrogens is 4. The third-order valence-electron chi connectivity index (χ3n) is 7.93. The summed E-state index contributed by atoms with van der Waals surface area (Å²) in [7, 11) is 0. The molecule has 46 heavy (non-hydrogen) atoms. The fourth-order valence-electron chi connectivity index (χ4n) is 5.61. The van der Waals surface area contributed by atoms with E-state index in [1.165, 1.54) is 13.0 Å². The van der Waals surface area contributed by atoms with Gasteiger partial charge < -0.3 is 0 Å². The summed E-state index contributed by atoms with van der Waals surface area (Å²) in [6.45, 7) is 3.09. The van der Waals surface area contributed by atoms with E-state index in [9.17, 15) is 14.0 Å². The predicted octanol–water partition coefficient (Wildman–Crippen LogP) is 9.51. The SMILES string of the molecule is CC(=O)c1ccc2c(c1)nc(-c1ccccc1F)c1ccncc12.CC(=O)c1ccc2c(c1)nc(-c1ccsc1)c1ccncc12. The van der Waals surface area contributed by atoms with Gasteiger partial charge in [-0.3, -0.25) is 19.6 Å². The molecule has 8 aromatic rings. The molecule has 0 amide bonds. The van der Waals surface area contributed by atoms with Crippen molar-refractivity contribution in [1.29, 1.82) is 0 Å². The second-order valence-corrected chi connectivity index (χ2v) is 11.6. The van der Waals surface area contributed by atoms with Crippen molar-refractivity contribution in [3.05, 3.63) is 131 Å². The van der Waals surface area contributed by atoms with Gasteiger partial charge in [0.15, 0.2) is 11.6 Å². The van der Waals surface area contributed by atoms with Gasteiger partial charge in [-0.25, -0.2) is 14.4 Å². The number of carbonyl (C=O) groups is 2. The van der Waals surface area contributed by atoms with Crippen molar-refractivity contribution in [2.45, 2.75) is 13.8 Å². The zero-order chi connectivity index (χ0) is 31.8. The van der Waals surface area contributed by atoms with Gasteiger partial charge in [0.1, 0.15) is 5.82 Å². The molecule has 8 rings (SSSR count). The van der Waals surface area contributed by atoms with Gasteiger partial charge in [0.2, 0.25) is 0 Å². The number of halogens is 1. The normalized spacial score (nSPS) is 11.1. The second kappa shape index (κ2) is 12.0. The highest BCUT2D eigenvalue weighted by molar-refractivity contribution is 7.08. The third-order valence-corrected chi connectivity index (χ3v) is 8.61. The minimum absolute atomic E-state index is 0.0302. The summed E-state index contributed by atoms with van der Waals surface area (Å²) >= 11 is 1.65. The minimum Gasteiger partial charge on any atom is -0.295 e. The summed E-state index contributed by atoms with van der Waals surface area (Å²) < 4.78 is 14.3. The lowest BCUT2D eigenvalue weighted by molar-refractivity contribution is 0.100. The molecule has 0 unspecified atom stereocenters. The van der Waals surface area contributed by atoms with E-state index >= 15 is 0 Å². The largest absolute Gasteiger partial charge is 0.295 e. The maximum Gasteiger partial charge on any atom is 0.159 e. The first-order valence-corrected chi connectivity index (χ1v) is 15.5. The molecule has 5 aromatic heterocycles. The lowest BCUT2D eigenvalue weighted by Crippen LogP contribution is -1.96. The van der Waals surface area contributed by atoms with Crippen molar-refractivity contribution in [3.8, 4) is 22.5 Å². The van der Waals surface area contributed by atoms with Crippen LogP contribution in [0, 0.1) is 5.82 Å². The van der Waals surface area contributed by atoms with Crippen LogP contribution in [0.15, 0.2) is 114 Å². The second-order valence-electron chi connectivity index (χ2n) is 10.8. The van der Waals surface area contributed by atoms with Crippen LogP contribution in [0.2, 0.25) is 0 Å². The number of rotatable bonds is 4. The van der Waals surface area contributed by atoms with Crippen LogP contribution in [0.3, 0.4) is 0 Å². The Morgan fingerprint density at radius 3 is 1.74 bits per heavy atom. The van der Waals surface area contributed by atoms with Crippen molar-refractivity contribution in [2.24, 2.45) is 0 Å². The van der Waals surface area contributed by atoms with E-state index in [1.807, 2.05) is 48.0 Å². The molecular formula is C38H25FN4O2S. The molecule has 0 radical (unpaired) electrons. The zero-order valence-electron chi connectivity index (χ0n) is 24.9. The van der Waals surface area contributed by atoms with Gasteiger partial charge in [0.05, 0.1) is 22.4 Å². The first kappa shape index (κ1) is 29.0. The van der Waals surface area contributed by atoms with Gasteiger partial charge in [-0.05, 0) is 61.7 Å². The average Bonchev–Trinajstić information content (AvgIpc) is 3.63. The van der Waals surface area contributed by atoms with Gasteiger partial charge >= 0.3 is 0 Å². The van der Waals surface area contributed by atoms with Crippen molar-refractivity contribution in [2.75, 3.05) is 0 Å². The number of hydrogen-bond donors (Lipinski definition) is 0. The number of nitrogens with zero attached hydrogens (tertiary/aromatic N) is 4. The molecule has 0 saturated heterocycles. The average molecular weight is 621 g/mol. The van der Waals surface area contributed by atoms with Crippen LogP contribution in [0.25, 0.3) is 65.9 Å². The van der Waals surface area contributed by atoms with Crippen LogP contribution in [0.5, 0.6) is 0 Å². The van der Waals surface area contributed by atoms with E-state index in [0.29, 0.717) is 27.9 Å². The molecule has 3 aromatic carbocycles. The summed E-state index contributed by atoms with van der Waals surface area (Å²) in [5, 5.41) is 9.90. The molecule has 0 saturated carbocycles. The monoisotopic (exact) mass is 620 g/mol. The topological polar surface area (TPSA) is 85.7 Å². The number of fused-ring (bicyclic) bond motifs is 6. The summed E-state index contributed by atoms with van der Waals surface area (Å²) in [6.07, 6.45) is 7.07. The Hall–Kier alpha value is -5.73. The summed E-state index contributed by atoms with van der Waals surface area (Å²) in [5.41, 5.74) is 5.76. The van der Waals surface area contributed by atoms with Gasteiger partial charge in [-0.2, -0.15) is 11.3 Å². The van der Waals surface area contributed by atoms with Gasteiger partial charge in [0.25, 0.3) is 0 Å². The highest BCUT2D eigenvalue weighted by Crippen LogP contribution is 2.34. The summed E-state index contributed by atoms with van der Waals surface area (Å²) in [6, 6.07) is 23.5. The number of thiophene rings is 1. The van der Waals surface area contributed by atoms with Crippen LogP contribution >= 0.6 is 11.3 Å². The Morgan fingerprint density at radius 1 is 0.630 bits per heavy atom. The zero-order valence-corrected chi connectivity index (χ0v) is 25.7. The maximum atomic E-state index is 14.3. The molecule has 8 heteroatoms. The van der Waals surface area contributed by atoms with Crippen molar-refractivity contribution in [1.82, 2.24) is 19.9 Å². The maximum absolute atomic E-state index is 14.3. The molecule has 0 bridgehead atoms. The lowest BCUT2D eigenvalue weighted by Gasteiger charge is -2.11. The molecular weight excluding hydrogens is 596 g/mol. The highest BCUT2D eigenvalue weighted by Gasteiger charge is 2.15. The van der Waals surface area contributed by atoms with Crippen molar-refractivity contribution >= 4 is 66.3 Å². The number of pyridine rings is 4.